The molecule has 1 atom stereocenters. The summed E-state index contributed by atoms with van der Waals surface area (Å²) >= 11 is 1.65. The average Bonchev–Trinajstić information content (AvgIpc) is 2.49. The van der Waals surface area contributed by atoms with Crippen molar-refractivity contribution in [1.82, 2.24) is 4.98 Å². The maximum atomic E-state index is 12.3. The first kappa shape index (κ1) is 13.0. The van der Waals surface area contributed by atoms with Crippen LogP contribution in [0, 0.1) is 0 Å². The second-order valence-corrected chi connectivity index (χ2v) is 5.62. The molecule has 0 saturated heterocycles. The van der Waals surface area contributed by atoms with Crippen LogP contribution in [0.1, 0.15) is 5.56 Å². The molecule has 2 N–H and O–H groups in total. The largest absolute Gasteiger partial charge is 0.481 e. The molecule has 20 heavy (non-hydrogen) atoms. The molecule has 0 spiro atoms. The van der Waals surface area contributed by atoms with Crippen LogP contribution >= 0.6 is 11.8 Å². The van der Waals surface area contributed by atoms with E-state index in [2.05, 4.69) is 4.98 Å². The first-order valence-corrected chi connectivity index (χ1v) is 7.33. The summed E-state index contributed by atoms with van der Waals surface area (Å²) in [5.74, 6) is 1.86. The minimum Gasteiger partial charge on any atom is -0.481 e. The van der Waals surface area contributed by atoms with Crippen molar-refractivity contribution in [1.29, 1.82) is 0 Å². The third kappa shape index (κ3) is 2.63. The number of nitrogen functional groups attached to an aromatic ring is 1. The molecule has 0 radical (unpaired) electrons. The topological polar surface area (TPSA) is 65.2 Å². The Bertz CT molecular complexity index is 645. The van der Waals surface area contributed by atoms with Crippen LogP contribution in [0.2, 0.25) is 0 Å². The van der Waals surface area contributed by atoms with Gasteiger partial charge in [-0.1, -0.05) is 18.2 Å². The summed E-state index contributed by atoms with van der Waals surface area (Å²) in [5.41, 5.74) is 6.52. The second-order valence-electron chi connectivity index (χ2n) is 4.56. The fourth-order valence-corrected chi connectivity index (χ4v) is 3.10. The Hall–Kier alpha value is -2.01. The van der Waals surface area contributed by atoms with Crippen LogP contribution in [-0.2, 0) is 11.2 Å². The van der Waals surface area contributed by atoms with Crippen LogP contribution in [0.15, 0.2) is 47.5 Å². The van der Waals surface area contributed by atoms with Crippen LogP contribution < -0.4 is 10.5 Å². The van der Waals surface area contributed by atoms with Gasteiger partial charge in [0.05, 0.1) is 0 Å². The lowest BCUT2D eigenvalue weighted by atomic mass is 10.1. The highest BCUT2D eigenvalue weighted by atomic mass is 32.2. The highest BCUT2D eigenvalue weighted by molar-refractivity contribution is 7.99. The van der Waals surface area contributed by atoms with Gasteiger partial charge >= 0.3 is 0 Å². The number of ether oxygens (including phenoxy) is 1. The molecule has 0 aliphatic carbocycles. The summed E-state index contributed by atoms with van der Waals surface area (Å²) in [7, 11) is 0. The SMILES string of the molecule is Nc1ncccc1CC(=O)C1CSc2ccccc2O1. The number of nitrogens with two attached hydrogens (primary N) is 1. The van der Waals surface area contributed by atoms with Gasteiger partial charge in [-0.3, -0.25) is 4.79 Å². The number of hydrogen-bond acceptors (Lipinski definition) is 5. The van der Waals surface area contributed by atoms with Crippen molar-refractivity contribution >= 4 is 23.4 Å². The molecule has 3 rings (SSSR count). The van der Waals surface area contributed by atoms with E-state index in [1.54, 1.807) is 24.0 Å². The first-order chi connectivity index (χ1) is 9.74. The number of benzene rings is 1. The lowest BCUT2D eigenvalue weighted by molar-refractivity contribution is -0.124. The van der Waals surface area contributed by atoms with Crippen LogP contribution in [0.5, 0.6) is 5.75 Å². The number of Topliss-reactive ketones (excluding diaryl/α,β-unsaturated/α-hetero) is 1. The van der Waals surface area contributed by atoms with Gasteiger partial charge in [0.2, 0.25) is 0 Å². The minimum absolute atomic E-state index is 0.0340. The van der Waals surface area contributed by atoms with Crippen LogP contribution in [0.25, 0.3) is 0 Å². The van der Waals surface area contributed by atoms with Gasteiger partial charge in [0.15, 0.2) is 11.9 Å². The Balaban J connectivity index is 1.72. The Morgan fingerprint density at radius 2 is 2.20 bits per heavy atom. The number of nitrogens with zero attached hydrogens (tertiary/aromatic N) is 1. The number of ketones is 1. The number of rotatable bonds is 3. The maximum absolute atomic E-state index is 12.3. The van der Waals surface area contributed by atoms with E-state index >= 15 is 0 Å². The molecule has 2 heterocycles. The van der Waals surface area contributed by atoms with E-state index in [1.165, 1.54) is 0 Å². The molecule has 0 fully saturated rings. The van der Waals surface area contributed by atoms with Gasteiger partial charge < -0.3 is 10.5 Å². The second kappa shape index (κ2) is 5.54. The van der Waals surface area contributed by atoms with E-state index in [4.69, 9.17) is 10.5 Å². The van der Waals surface area contributed by atoms with Crippen molar-refractivity contribution in [3.05, 3.63) is 48.2 Å². The maximum Gasteiger partial charge on any atom is 0.178 e. The number of carbonyl (C=O) groups is 1. The molecule has 1 aliphatic heterocycles. The van der Waals surface area contributed by atoms with Crippen LogP contribution in [0.4, 0.5) is 5.82 Å². The van der Waals surface area contributed by atoms with Gasteiger partial charge in [0, 0.05) is 28.8 Å². The summed E-state index contributed by atoms with van der Waals surface area (Å²) in [5, 5.41) is 0. The van der Waals surface area contributed by atoms with Crippen molar-refractivity contribution in [2.45, 2.75) is 17.4 Å². The molecule has 0 bridgehead atoms. The lowest BCUT2D eigenvalue weighted by Crippen LogP contribution is -2.33. The molecule has 0 amide bonds. The minimum atomic E-state index is -0.422. The number of para-hydroxylation sites is 1. The Morgan fingerprint density at radius 3 is 3.05 bits per heavy atom. The number of thioether (sulfide) groups is 1. The third-order valence-corrected chi connectivity index (χ3v) is 4.28. The highest BCUT2D eigenvalue weighted by Gasteiger charge is 2.26. The molecule has 2 aromatic rings. The fraction of sp³-hybridized carbons (Fsp3) is 0.200. The quantitative estimate of drug-likeness (QED) is 0.938. The Morgan fingerprint density at radius 1 is 1.35 bits per heavy atom. The molecule has 4 nitrogen and oxygen atoms in total. The predicted octanol–water partition coefficient (Wildman–Crippen LogP) is 2.33. The van der Waals surface area contributed by atoms with E-state index in [9.17, 15) is 4.79 Å². The molecule has 5 heteroatoms. The van der Waals surface area contributed by atoms with Crippen molar-refractivity contribution in [2.24, 2.45) is 0 Å². The summed E-state index contributed by atoms with van der Waals surface area (Å²) < 4.78 is 5.77. The van der Waals surface area contributed by atoms with E-state index < -0.39 is 6.10 Å². The first-order valence-electron chi connectivity index (χ1n) is 6.34. The van der Waals surface area contributed by atoms with E-state index in [1.807, 2.05) is 30.3 Å². The van der Waals surface area contributed by atoms with Gasteiger partial charge in [0.1, 0.15) is 11.6 Å². The van der Waals surface area contributed by atoms with Gasteiger partial charge in [-0.05, 0) is 18.2 Å². The van der Waals surface area contributed by atoms with Gasteiger partial charge in [-0.2, -0.15) is 0 Å². The van der Waals surface area contributed by atoms with Crippen molar-refractivity contribution in [3.8, 4) is 5.75 Å². The monoisotopic (exact) mass is 286 g/mol. The van der Waals surface area contributed by atoms with Gasteiger partial charge in [-0.15, -0.1) is 11.8 Å². The van der Waals surface area contributed by atoms with E-state index in [0.717, 1.165) is 16.2 Å². The number of hydrogen-bond donors (Lipinski definition) is 1. The van der Waals surface area contributed by atoms with E-state index in [-0.39, 0.29) is 12.2 Å². The number of fused-ring (bicyclic) bond motifs is 1. The zero-order valence-corrected chi connectivity index (χ0v) is 11.6. The average molecular weight is 286 g/mol. The van der Waals surface area contributed by atoms with E-state index in [0.29, 0.717) is 11.6 Å². The zero-order valence-electron chi connectivity index (χ0n) is 10.8. The molecule has 1 aromatic carbocycles. The summed E-state index contributed by atoms with van der Waals surface area (Å²) in [4.78, 5) is 17.4. The third-order valence-electron chi connectivity index (χ3n) is 3.16. The Labute approximate surface area is 121 Å². The molecule has 0 saturated carbocycles. The van der Waals surface area contributed by atoms with Crippen LogP contribution in [0.3, 0.4) is 0 Å². The van der Waals surface area contributed by atoms with Crippen molar-refractivity contribution < 1.29 is 9.53 Å². The van der Waals surface area contributed by atoms with Crippen molar-refractivity contribution in [2.75, 3.05) is 11.5 Å². The number of pyridine rings is 1. The summed E-state index contributed by atoms with van der Waals surface area (Å²) in [6.45, 7) is 0. The standard InChI is InChI=1S/C15H14N2O2S/c16-15-10(4-3-7-17-15)8-11(18)13-9-20-14-6-2-1-5-12(14)19-13/h1-7,13H,8-9H2,(H2,16,17). The molecule has 102 valence electrons. The molecule has 1 unspecified atom stereocenters. The lowest BCUT2D eigenvalue weighted by Gasteiger charge is -2.24. The van der Waals surface area contributed by atoms with Gasteiger partial charge in [0.25, 0.3) is 0 Å². The predicted molar refractivity (Wildman–Crippen MR) is 78.9 cm³/mol. The Kier molecular flexibility index (Phi) is 3.60. The normalized spacial score (nSPS) is 17.1. The fourth-order valence-electron chi connectivity index (χ4n) is 2.08. The van der Waals surface area contributed by atoms with Gasteiger partial charge in [-0.25, -0.2) is 4.98 Å². The number of anilines is 1. The highest BCUT2D eigenvalue weighted by Crippen LogP contribution is 2.35. The summed E-state index contributed by atoms with van der Waals surface area (Å²) in [6, 6.07) is 11.4. The smallest absolute Gasteiger partial charge is 0.178 e. The van der Waals surface area contributed by atoms with Crippen LogP contribution in [-0.4, -0.2) is 22.6 Å². The molecule has 1 aliphatic rings. The number of carbonyl (C=O) groups excluding carboxylic acids is 1. The molecular formula is C15H14N2O2S. The molecular weight excluding hydrogens is 272 g/mol. The summed E-state index contributed by atoms with van der Waals surface area (Å²) in [6.07, 6.45) is 1.45. The van der Waals surface area contributed by atoms with Crippen molar-refractivity contribution in [3.63, 3.8) is 0 Å². The zero-order chi connectivity index (χ0) is 13.9. The molecule has 1 aromatic heterocycles. The number of aromatic nitrogens is 1.